The second kappa shape index (κ2) is 9.71. The van der Waals surface area contributed by atoms with Crippen LogP contribution in [0, 0.1) is 6.92 Å². The monoisotopic (exact) mass is 550 g/mol. The molecule has 0 radical (unpaired) electrons. The van der Waals surface area contributed by atoms with Gasteiger partial charge in [0.15, 0.2) is 16.5 Å². The molecule has 10 nitrogen and oxygen atoms in total. The topological polar surface area (TPSA) is 121 Å². The SMILES string of the molecule is COc1cc(OCc2nc(-c3ccc(C(=O)O)cc3)sc2C)c2cc(-c3cn4c(n3)SC(OC)N4)oc2c1. The molecule has 0 aliphatic carbocycles. The summed E-state index contributed by atoms with van der Waals surface area (Å²) >= 11 is 3.01. The molecule has 2 aromatic carbocycles. The number of furan rings is 1. The number of aromatic nitrogens is 3. The van der Waals surface area contributed by atoms with Crippen molar-refractivity contribution in [3.63, 3.8) is 0 Å². The van der Waals surface area contributed by atoms with E-state index in [9.17, 15) is 4.79 Å². The average molecular weight is 551 g/mol. The number of carbonyl (C=O) groups is 1. The summed E-state index contributed by atoms with van der Waals surface area (Å²) in [6, 6.07) is 12.2. The van der Waals surface area contributed by atoms with E-state index in [2.05, 4.69) is 10.4 Å². The molecule has 38 heavy (non-hydrogen) atoms. The summed E-state index contributed by atoms with van der Waals surface area (Å²) in [7, 11) is 3.23. The van der Waals surface area contributed by atoms with Crippen LogP contribution >= 0.6 is 23.1 Å². The number of carboxylic acids is 1. The van der Waals surface area contributed by atoms with Crippen LogP contribution in [0.15, 0.2) is 58.2 Å². The van der Waals surface area contributed by atoms with E-state index in [0.29, 0.717) is 28.5 Å². The highest BCUT2D eigenvalue weighted by Gasteiger charge is 2.25. The Morgan fingerprint density at radius 2 is 2.00 bits per heavy atom. The van der Waals surface area contributed by atoms with Crippen LogP contribution in [-0.2, 0) is 11.3 Å². The molecule has 0 amide bonds. The van der Waals surface area contributed by atoms with Crippen molar-refractivity contribution in [3.05, 3.63) is 64.8 Å². The highest BCUT2D eigenvalue weighted by molar-refractivity contribution is 7.99. The van der Waals surface area contributed by atoms with Crippen molar-refractivity contribution in [2.24, 2.45) is 0 Å². The lowest BCUT2D eigenvalue weighted by Crippen LogP contribution is -2.19. The van der Waals surface area contributed by atoms with Gasteiger partial charge in [-0.05, 0) is 36.9 Å². The Hall–Kier alpha value is -4.00. The van der Waals surface area contributed by atoms with Gasteiger partial charge in [0.2, 0.25) is 0 Å². The molecule has 0 spiro atoms. The highest BCUT2D eigenvalue weighted by atomic mass is 32.2. The number of ether oxygens (including phenoxy) is 3. The number of rotatable bonds is 8. The number of carboxylic acid groups (broad SMARTS) is 1. The van der Waals surface area contributed by atoms with Gasteiger partial charge in [0.25, 0.3) is 0 Å². The molecule has 1 atom stereocenters. The fraction of sp³-hybridized carbons (Fsp3) is 0.192. The number of aryl methyl sites for hydroxylation is 1. The van der Waals surface area contributed by atoms with Gasteiger partial charge in [-0.25, -0.2) is 19.4 Å². The summed E-state index contributed by atoms with van der Waals surface area (Å²) < 4.78 is 25.0. The van der Waals surface area contributed by atoms with Gasteiger partial charge in [-0.2, -0.15) is 0 Å². The van der Waals surface area contributed by atoms with Gasteiger partial charge >= 0.3 is 5.97 Å². The maximum absolute atomic E-state index is 11.1. The van der Waals surface area contributed by atoms with Crippen molar-refractivity contribution in [2.45, 2.75) is 24.2 Å². The van der Waals surface area contributed by atoms with Gasteiger partial charge < -0.3 is 23.7 Å². The molecule has 194 valence electrons. The van der Waals surface area contributed by atoms with Gasteiger partial charge in [-0.15, -0.1) is 11.3 Å². The average Bonchev–Trinajstić information content (AvgIpc) is 3.69. The Balaban J connectivity index is 1.26. The number of benzene rings is 2. The molecule has 0 saturated heterocycles. The summed E-state index contributed by atoms with van der Waals surface area (Å²) in [5, 5.41) is 11.5. The maximum atomic E-state index is 11.1. The number of hydrogen-bond acceptors (Lipinski definition) is 10. The van der Waals surface area contributed by atoms with E-state index >= 15 is 0 Å². The molecule has 6 rings (SSSR count). The van der Waals surface area contributed by atoms with Crippen LogP contribution < -0.4 is 14.9 Å². The third kappa shape index (κ3) is 4.46. The fourth-order valence-corrected chi connectivity index (χ4v) is 5.77. The molecule has 0 bridgehead atoms. The predicted octanol–water partition coefficient (Wildman–Crippen LogP) is 5.59. The minimum Gasteiger partial charge on any atom is -0.496 e. The summed E-state index contributed by atoms with van der Waals surface area (Å²) in [4.78, 5) is 21.6. The minimum atomic E-state index is -0.958. The van der Waals surface area contributed by atoms with Gasteiger partial charge in [0.1, 0.15) is 34.4 Å². The number of nitrogens with one attached hydrogen (secondary N) is 1. The lowest BCUT2D eigenvalue weighted by molar-refractivity contribution is 0.0697. The molecule has 1 aliphatic heterocycles. The maximum Gasteiger partial charge on any atom is 0.335 e. The second-order valence-corrected chi connectivity index (χ2v) is 10.7. The van der Waals surface area contributed by atoms with Crippen LogP contribution in [0.2, 0.25) is 0 Å². The third-order valence-corrected chi connectivity index (χ3v) is 8.11. The molecule has 1 aliphatic rings. The molecule has 0 fully saturated rings. The van der Waals surface area contributed by atoms with Gasteiger partial charge in [-0.3, -0.25) is 5.43 Å². The molecule has 3 aromatic heterocycles. The summed E-state index contributed by atoms with van der Waals surface area (Å²) in [6.07, 6.45) is 1.86. The van der Waals surface area contributed by atoms with Crippen LogP contribution in [0.3, 0.4) is 0 Å². The van der Waals surface area contributed by atoms with Crippen molar-refractivity contribution >= 4 is 40.0 Å². The molecule has 12 heteroatoms. The lowest BCUT2D eigenvalue weighted by Gasteiger charge is -2.08. The molecule has 5 aromatic rings. The second-order valence-electron chi connectivity index (χ2n) is 8.43. The lowest BCUT2D eigenvalue weighted by atomic mass is 10.1. The number of methoxy groups -OCH3 is 2. The number of imidazole rings is 1. The van der Waals surface area contributed by atoms with E-state index < -0.39 is 5.97 Å². The largest absolute Gasteiger partial charge is 0.496 e. The van der Waals surface area contributed by atoms with Gasteiger partial charge in [-0.1, -0.05) is 12.1 Å². The Kier molecular flexibility index (Phi) is 6.22. The molecule has 2 N–H and O–H groups in total. The van der Waals surface area contributed by atoms with E-state index in [1.807, 2.05) is 36.0 Å². The Labute approximate surface area is 225 Å². The summed E-state index contributed by atoms with van der Waals surface area (Å²) in [5.41, 5.74) is 6.20. The van der Waals surface area contributed by atoms with Crippen molar-refractivity contribution < 1.29 is 28.5 Å². The number of nitrogens with zero attached hydrogens (tertiary/aromatic N) is 3. The zero-order valence-corrected chi connectivity index (χ0v) is 22.2. The van der Waals surface area contributed by atoms with Crippen LogP contribution in [0.5, 0.6) is 11.5 Å². The molecule has 4 heterocycles. The molecule has 0 saturated carbocycles. The normalized spacial score (nSPS) is 14.4. The first kappa shape index (κ1) is 24.3. The van der Waals surface area contributed by atoms with Crippen LogP contribution in [0.1, 0.15) is 20.9 Å². The van der Waals surface area contributed by atoms with Gasteiger partial charge in [0.05, 0.1) is 30.0 Å². The first-order valence-corrected chi connectivity index (χ1v) is 13.2. The molecular weight excluding hydrogens is 528 g/mol. The summed E-state index contributed by atoms with van der Waals surface area (Å²) in [5.74, 6) is 0.858. The third-order valence-electron chi connectivity index (χ3n) is 6.04. The Morgan fingerprint density at radius 3 is 2.71 bits per heavy atom. The van der Waals surface area contributed by atoms with Gasteiger partial charge in [0, 0.05) is 29.7 Å². The Bertz CT molecular complexity index is 1630. The smallest absolute Gasteiger partial charge is 0.335 e. The van der Waals surface area contributed by atoms with Crippen molar-refractivity contribution in [1.82, 2.24) is 14.6 Å². The zero-order valence-electron chi connectivity index (χ0n) is 20.5. The van der Waals surface area contributed by atoms with Crippen molar-refractivity contribution in [1.29, 1.82) is 0 Å². The van der Waals surface area contributed by atoms with E-state index in [-0.39, 0.29) is 17.7 Å². The number of thiazole rings is 1. The number of hydrogen-bond donors (Lipinski definition) is 2. The quantitative estimate of drug-likeness (QED) is 0.253. The van der Waals surface area contributed by atoms with Crippen molar-refractivity contribution in [3.8, 4) is 33.5 Å². The Morgan fingerprint density at radius 1 is 1.18 bits per heavy atom. The first-order chi connectivity index (χ1) is 18.4. The van der Waals surface area contributed by atoms with E-state index in [0.717, 1.165) is 31.7 Å². The van der Waals surface area contributed by atoms with Crippen LogP contribution in [-0.4, -0.2) is 45.5 Å². The van der Waals surface area contributed by atoms with Crippen LogP contribution in [0.4, 0.5) is 0 Å². The minimum absolute atomic E-state index is 0.176. The standard InChI is InChI=1S/C26H22N4O6S2/c1-13-19(27-23(37-13)14-4-6-15(7-5-14)24(31)32)12-35-20-8-16(33-2)9-21-17(20)10-22(36-21)18-11-30-25(28-18)38-26(29-30)34-3/h4-11,26,29H,12H2,1-3H3,(H,31,32). The predicted molar refractivity (Wildman–Crippen MR) is 144 cm³/mol. The highest BCUT2D eigenvalue weighted by Crippen LogP contribution is 2.39. The van der Waals surface area contributed by atoms with E-state index in [1.165, 1.54) is 23.1 Å². The number of aromatic carboxylic acids is 1. The molecular formula is C26H22N4O6S2. The van der Waals surface area contributed by atoms with E-state index in [1.54, 1.807) is 38.5 Å². The number of thioether (sulfide) groups is 1. The first-order valence-electron chi connectivity index (χ1n) is 11.5. The zero-order chi connectivity index (χ0) is 26.4. The van der Waals surface area contributed by atoms with Crippen LogP contribution in [0.25, 0.3) is 33.0 Å². The molecule has 1 unspecified atom stereocenters. The summed E-state index contributed by atoms with van der Waals surface area (Å²) in [6.45, 7) is 2.23. The fourth-order valence-electron chi connectivity index (χ4n) is 4.03. The van der Waals surface area contributed by atoms with Crippen molar-refractivity contribution in [2.75, 3.05) is 19.6 Å². The van der Waals surface area contributed by atoms with E-state index in [4.69, 9.17) is 28.7 Å². The number of fused-ring (bicyclic) bond motifs is 2.